The number of carbonyl (C=O) groups excluding carboxylic acids is 3. The van der Waals surface area contributed by atoms with Crippen molar-refractivity contribution in [3.05, 3.63) is 89.7 Å². The van der Waals surface area contributed by atoms with Crippen LogP contribution >= 0.6 is 23.5 Å². The average Bonchev–Trinajstić information content (AvgIpc) is 3.56. The molecule has 296 valence electrons. The third-order valence-corrected chi connectivity index (χ3v) is 13.2. The van der Waals surface area contributed by atoms with E-state index in [4.69, 9.17) is 25.3 Å². The highest BCUT2D eigenvalue weighted by molar-refractivity contribution is 7.98. The molecule has 13 nitrogen and oxygen atoms in total. The van der Waals surface area contributed by atoms with E-state index in [1.807, 2.05) is 35.6 Å². The van der Waals surface area contributed by atoms with Crippen LogP contribution in [0.1, 0.15) is 41.6 Å². The summed E-state index contributed by atoms with van der Waals surface area (Å²) in [7, 11) is -2.58. The largest absolute Gasteiger partial charge is 0.495 e. The topological polar surface area (TPSA) is 175 Å². The molecule has 3 fully saturated rings. The lowest BCUT2D eigenvalue weighted by molar-refractivity contribution is -0.325. The highest BCUT2D eigenvalue weighted by Gasteiger charge is 2.84. The number of para-hydroxylation sites is 2. The number of methoxy groups -OCH3 is 1. The molecule has 0 aliphatic carbocycles. The van der Waals surface area contributed by atoms with E-state index in [0.29, 0.717) is 66.5 Å². The SMILES string of the molecule is COc1ccccc1N(CCN1CCC(C(=O)c2ccc(F)cc2)CC1)C1(CCSC)C(=O)ON2OC(=O)C(N)(CCSC)C21c1ccc(S(N)(=O)=O)cc1. The van der Waals surface area contributed by atoms with Gasteiger partial charge >= 0.3 is 11.9 Å². The maximum absolute atomic E-state index is 15.0. The number of nitrogens with zero attached hydrogens (tertiary/aromatic N) is 3. The van der Waals surface area contributed by atoms with Crippen molar-refractivity contribution in [2.45, 2.75) is 47.2 Å². The quantitative estimate of drug-likeness (QED) is 0.199. The molecule has 3 aliphatic heterocycles. The van der Waals surface area contributed by atoms with E-state index in [1.165, 1.54) is 79.2 Å². The highest BCUT2D eigenvalue weighted by Crippen LogP contribution is 2.61. The van der Waals surface area contributed by atoms with E-state index in [0.717, 1.165) is 5.23 Å². The van der Waals surface area contributed by atoms with Gasteiger partial charge in [-0.15, -0.1) is 0 Å². The highest BCUT2D eigenvalue weighted by atomic mass is 32.2. The molecule has 0 bridgehead atoms. The molecule has 3 saturated heterocycles. The molecular formula is C38H46FN5O8S3. The fourth-order valence-electron chi connectivity index (χ4n) is 8.33. The second-order valence-electron chi connectivity index (χ2n) is 13.9. The molecule has 55 heavy (non-hydrogen) atoms. The number of carbonyl (C=O) groups is 3. The monoisotopic (exact) mass is 815 g/mol. The number of piperidine rings is 1. The minimum absolute atomic E-state index is 0.0223. The van der Waals surface area contributed by atoms with Crippen LogP contribution in [0.2, 0.25) is 0 Å². The maximum Gasteiger partial charge on any atom is 0.357 e. The van der Waals surface area contributed by atoms with E-state index in [2.05, 4.69) is 4.90 Å². The Morgan fingerprint density at radius 1 is 0.945 bits per heavy atom. The first-order chi connectivity index (χ1) is 26.3. The van der Waals surface area contributed by atoms with Crippen LogP contribution in [-0.2, 0) is 34.8 Å². The molecule has 3 unspecified atom stereocenters. The summed E-state index contributed by atoms with van der Waals surface area (Å²) in [4.78, 5) is 58.3. The Balaban J connectivity index is 1.48. The molecule has 0 radical (unpaired) electrons. The number of hydrogen-bond donors (Lipinski definition) is 2. The van der Waals surface area contributed by atoms with Gasteiger partial charge in [-0.25, -0.2) is 27.5 Å². The zero-order valence-electron chi connectivity index (χ0n) is 30.9. The number of nitrogens with two attached hydrogens (primary N) is 2. The van der Waals surface area contributed by atoms with Crippen LogP contribution in [0.4, 0.5) is 10.1 Å². The third-order valence-electron chi connectivity index (χ3n) is 11.1. The molecule has 4 N–H and O–H groups in total. The number of thioether (sulfide) groups is 2. The van der Waals surface area contributed by atoms with Gasteiger partial charge in [0, 0.05) is 24.6 Å². The predicted octanol–water partition coefficient (Wildman–Crippen LogP) is 3.97. The molecule has 3 atom stereocenters. The number of fused-ring (bicyclic) bond motifs is 1. The molecule has 0 aromatic heterocycles. The lowest BCUT2D eigenvalue weighted by atomic mass is 9.59. The summed E-state index contributed by atoms with van der Waals surface area (Å²) in [6.07, 6.45) is 5.16. The fourth-order valence-corrected chi connectivity index (χ4v) is 9.87. The van der Waals surface area contributed by atoms with Crippen LogP contribution in [0.15, 0.2) is 77.7 Å². The Labute approximate surface area is 329 Å². The van der Waals surface area contributed by atoms with E-state index in [9.17, 15) is 22.4 Å². The van der Waals surface area contributed by atoms with Crippen molar-refractivity contribution in [2.75, 3.05) is 62.2 Å². The Morgan fingerprint density at radius 2 is 1.56 bits per heavy atom. The van der Waals surface area contributed by atoms with Crippen molar-refractivity contribution in [2.24, 2.45) is 16.8 Å². The Bertz CT molecular complexity index is 2000. The number of hydrogen-bond acceptors (Lipinski definition) is 14. The van der Waals surface area contributed by atoms with Gasteiger partial charge in [0.1, 0.15) is 17.1 Å². The summed E-state index contributed by atoms with van der Waals surface area (Å²) in [5, 5.41) is 6.42. The number of likely N-dealkylation sites (tertiary alicyclic amines) is 1. The van der Waals surface area contributed by atoms with Gasteiger partial charge in [0.05, 0.1) is 22.9 Å². The second kappa shape index (κ2) is 16.4. The molecule has 17 heteroatoms. The van der Waals surface area contributed by atoms with Gasteiger partial charge in [0.25, 0.3) is 0 Å². The third kappa shape index (κ3) is 7.13. The van der Waals surface area contributed by atoms with E-state index >= 15 is 4.79 Å². The van der Waals surface area contributed by atoms with Crippen LogP contribution < -0.4 is 20.5 Å². The van der Waals surface area contributed by atoms with Crippen LogP contribution in [-0.4, -0.2) is 105 Å². The number of Topliss-reactive ketones (excluding diaryl/α,β-unsaturated/α-hetero) is 1. The van der Waals surface area contributed by atoms with Gasteiger partial charge in [-0.1, -0.05) is 24.3 Å². The Morgan fingerprint density at radius 3 is 2.18 bits per heavy atom. The molecule has 0 spiro atoms. The first-order valence-corrected chi connectivity index (χ1v) is 22.2. The lowest BCUT2D eigenvalue weighted by Crippen LogP contribution is -2.76. The van der Waals surface area contributed by atoms with Crippen LogP contribution in [0, 0.1) is 11.7 Å². The van der Waals surface area contributed by atoms with Crippen molar-refractivity contribution in [1.82, 2.24) is 10.1 Å². The zero-order chi connectivity index (χ0) is 39.6. The van der Waals surface area contributed by atoms with Gasteiger partial charge < -0.3 is 29.9 Å². The summed E-state index contributed by atoms with van der Waals surface area (Å²) in [5.41, 5.74) is 3.20. The molecule has 3 aliphatic rings. The smallest absolute Gasteiger partial charge is 0.357 e. The Hall–Kier alpha value is -3.71. The molecular weight excluding hydrogens is 770 g/mol. The van der Waals surface area contributed by atoms with Crippen molar-refractivity contribution in [3.63, 3.8) is 0 Å². The number of benzene rings is 3. The number of sulfonamides is 1. The summed E-state index contributed by atoms with van der Waals surface area (Å²) in [6.45, 7) is 1.82. The molecule has 3 aromatic carbocycles. The maximum atomic E-state index is 15.0. The fraction of sp³-hybridized carbons (Fsp3) is 0.447. The van der Waals surface area contributed by atoms with Gasteiger partial charge in [-0.05, 0) is 117 Å². The van der Waals surface area contributed by atoms with Crippen molar-refractivity contribution in [1.29, 1.82) is 0 Å². The number of ketones is 1. The number of primary sulfonamides is 1. The lowest BCUT2D eigenvalue weighted by Gasteiger charge is -2.53. The summed E-state index contributed by atoms with van der Waals surface area (Å²) < 4.78 is 44.2. The summed E-state index contributed by atoms with van der Waals surface area (Å²) in [6, 6.07) is 18.5. The van der Waals surface area contributed by atoms with Gasteiger partial charge in [-0.2, -0.15) is 23.5 Å². The van der Waals surface area contributed by atoms with Crippen LogP contribution in [0.25, 0.3) is 0 Å². The minimum Gasteiger partial charge on any atom is -0.495 e. The average molecular weight is 816 g/mol. The minimum atomic E-state index is -4.11. The normalized spacial score (nSPS) is 24.7. The standard InChI is InChI=1S/C38H46FN5O8S3/c1-50-32-7-5-4-6-31(32)43(23-22-42-20-16-27(17-21-42)33(45)26-8-12-29(39)13-9-26)37(19-25-54-3)35(47)52-44-38(37,36(40,18-24-53-2)34(46)51-44)28-10-14-30(15-11-28)55(41,48)49/h4-15,27H,16-25,40H2,1-3H3,(H2,41,48,49). The molecule has 6 rings (SSSR count). The summed E-state index contributed by atoms with van der Waals surface area (Å²) in [5.74, 6) is -0.855. The van der Waals surface area contributed by atoms with E-state index < -0.39 is 44.4 Å². The molecule has 0 saturated carbocycles. The van der Waals surface area contributed by atoms with Crippen LogP contribution in [0.5, 0.6) is 5.75 Å². The number of halogens is 1. The molecule has 3 heterocycles. The number of anilines is 1. The van der Waals surface area contributed by atoms with Gasteiger partial charge in [0.2, 0.25) is 10.0 Å². The van der Waals surface area contributed by atoms with E-state index in [1.54, 1.807) is 6.07 Å². The second-order valence-corrected chi connectivity index (χ2v) is 17.5. The number of rotatable bonds is 16. The molecule has 0 amide bonds. The first-order valence-electron chi connectivity index (χ1n) is 17.9. The zero-order valence-corrected chi connectivity index (χ0v) is 33.4. The summed E-state index contributed by atoms with van der Waals surface area (Å²) >= 11 is 2.97. The number of ether oxygens (including phenoxy) is 1. The van der Waals surface area contributed by atoms with Gasteiger partial charge in [-0.3, -0.25) is 4.79 Å². The molecule has 3 aromatic rings. The van der Waals surface area contributed by atoms with Crippen molar-refractivity contribution >= 4 is 57.0 Å². The van der Waals surface area contributed by atoms with E-state index in [-0.39, 0.29) is 36.0 Å². The van der Waals surface area contributed by atoms with Crippen molar-refractivity contribution < 1.29 is 41.6 Å². The van der Waals surface area contributed by atoms with Crippen LogP contribution in [0.3, 0.4) is 0 Å². The predicted molar refractivity (Wildman–Crippen MR) is 209 cm³/mol. The number of hydroxylamine groups is 2. The Kier molecular flexibility index (Phi) is 12.2. The van der Waals surface area contributed by atoms with Crippen molar-refractivity contribution in [3.8, 4) is 5.75 Å². The van der Waals surface area contributed by atoms with Gasteiger partial charge in [0.15, 0.2) is 16.9 Å². The first kappa shape index (κ1) is 40.9.